The minimum Gasteiger partial charge on any atom is -0.492 e. The number of benzene rings is 2. The van der Waals surface area contributed by atoms with Crippen molar-refractivity contribution in [2.75, 3.05) is 20.2 Å². The highest BCUT2D eigenvalue weighted by atomic mass is 16.5. The Labute approximate surface area is 134 Å². The third-order valence-electron chi connectivity index (χ3n) is 3.63. The topological polar surface area (TPSA) is 58.2 Å². The number of aromatic amines is 1. The van der Waals surface area contributed by atoms with Crippen molar-refractivity contribution in [1.82, 2.24) is 14.9 Å². The summed E-state index contributed by atoms with van der Waals surface area (Å²) in [4.78, 5) is 21.6. The second kappa shape index (κ2) is 6.52. The number of imidazole rings is 1. The number of carbonyl (C=O) groups excluding carboxylic acids is 1. The zero-order valence-corrected chi connectivity index (χ0v) is 13.2. The monoisotopic (exact) mass is 309 g/mol. The van der Waals surface area contributed by atoms with Gasteiger partial charge < -0.3 is 14.6 Å². The molecular weight excluding hydrogens is 290 g/mol. The summed E-state index contributed by atoms with van der Waals surface area (Å²) in [5, 5.41) is 0. The van der Waals surface area contributed by atoms with Crippen LogP contribution in [-0.2, 0) is 0 Å². The smallest absolute Gasteiger partial charge is 0.253 e. The fraction of sp³-hybridized carbons (Fsp3) is 0.222. The maximum absolute atomic E-state index is 12.5. The lowest BCUT2D eigenvalue weighted by Crippen LogP contribution is -2.30. The zero-order chi connectivity index (χ0) is 16.2. The van der Waals surface area contributed by atoms with Crippen LogP contribution in [0.2, 0.25) is 0 Å². The molecule has 0 unspecified atom stereocenters. The number of ether oxygens (including phenoxy) is 1. The van der Waals surface area contributed by atoms with E-state index in [0.717, 1.165) is 22.6 Å². The Bertz CT molecular complexity index is 812. The molecule has 0 saturated carbocycles. The molecule has 1 amide bonds. The molecule has 3 rings (SSSR count). The number of nitrogens with one attached hydrogen (secondary N) is 1. The third kappa shape index (κ3) is 3.51. The van der Waals surface area contributed by atoms with Crippen molar-refractivity contribution in [3.63, 3.8) is 0 Å². The summed E-state index contributed by atoms with van der Waals surface area (Å²) in [7, 11) is 1.78. The van der Waals surface area contributed by atoms with Gasteiger partial charge >= 0.3 is 0 Å². The van der Waals surface area contributed by atoms with E-state index >= 15 is 0 Å². The number of rotatable bonds is 5. The molecule has 3 aromatic rings. The number of nitrogens with zero attached hydrogens (tertiary/aromatic N) is 2. The van der Waals surface area contributed by atoms with Gasteiger partial charge in [-0.25, -0.2) is 4.98 Å². The number of amides is 1. The van der Waals surface area contributed by atoms with E-state index in [0.29, 0.717) is 18.7 Å². The van der Waals surface area contributed by atoms with Crippen molar-refractivity contribution in [2.24, 2.45) is 0 Å². The van der Waals surface area contributed by atoms with Gasteiger partial charge in [0.05, 0.1) is 17.6 Å². The van der Waals surface area contributed by atoms with Crippen LogP contribution >= 0.6 is 0 Å². The molecule has 0 aliphatic rings. The molecule has 0 spiro atoms. The number of hydrogen-bond donors (Lipinski definition) is 1. The number of fused-ring (bicyclic) bond motifs is 1. The second-order valence-corrected chi connectivity index (χ2v) is 5.44. The van der Waals surface area contributed by atoms with E-state index in [1.165, 1.54) is 0 Å². The van der Waals surface area contributed by atoms with Gasteiger partial charge in [0, 0.05) is 12.6 Å². The average Bonchev–Trinajstić information content (AvgIpc) is 2.94. The molecule has 2 aromatic carbocycles. The van der Waals surface area contributed by atoms with Crippen LogP contribution in [0.15, 0.2) is 48.5 Å². The van der Waals surface area contributed by atoms with E-state index in [1.807, 2.05) is 49.4 Å². The van der Waals surface area contributed by atoms with Gasteiger partial charge in [-0.1, -0.05) is 18.2 Å². The van der Waals surface area contributed by atoms with Gasteiger partial charge in [0.15, 0.2) is 0 Å². The fourth-order valence-electron chi connectivity index (χ4n) is 2.41. The number of aromatic nitrogens is 2. The highest BCUT2D eigenvalue weighted by Gasteiger charge is 2.13. The molecule has 0 fully saturated rings. The molecule has 0 saturated heterocycles. The lowest BCUT2D eigenvalue weighted by Gasteiger charge is -2.17. The van der Waals surface area contributed by atoms with Gasteiger partial charge in [-0.15, -0.1) is 0 Å². The SMILES string of the molecule is Cc1nc2ccc(C(=O)N(C)CCOc3ccccc3)cc2[nH]1. The van der Waals surface area contributed by atoms with Crippen molar-refractivity contribution in [3.8, 4) is 5.75 Å². The molecule has 5 nitrogen and oxygen atoms in total. The Morgan fingerprint density at radius 2 is 2.00 bits per heavy atom. The van der Waals surface area contributed by atoms with Gasteiger partial charge in [0.2, 0.25) is 0 Å². The molecule has 0 radical (unpaired) electrons. The Balaban J connectivity index is 1.61. The highest BCUT2D eigenvalue weighted by molar-refractivity contribution is 5.97. The summed E-state index contributed by atoms with van der Waals surface area (Å²) in [5.41, 5.74) is 2.39. The lowest BCUT2D eigenvalue weighted by molar-refractivity contribution is 0.0774. The Morgan fingerprint density at radius 1 is 1.22 bits per heavy atom. The van der Waals surface area contributed by atoms with Crippen molar-refractivity contribution >= 4 is 16.9 Å². The van der Waals surface area contributed by atoms with Crippen LogP contribution < -0.4 is 4.74 Å². The maximum atomic E-state index is 12.5. The normalized spacial score (nSPS) is 10.7. The number of H-pyrrole nitrogens is 1. The van der Waals surface area contributed by atoms with Crippen molar-refractivity contribution in [3.05, 3.63) is 59.9 Å². The molecule has 118 valence electrons. The van der Waals surface area contributed by atoms with E-state index in [9.17, 15) is 4.79 Å². The number of para-hydroxylation sites is 1. The molecule has 1 aromatic heterocycles. The molecule has 0 bridgehead atoms. The van der Waals surface area contributed by atoms with Crippen LogP contribution in [0.3, 0.4) is 0 Å². The van der Waals surface area contributed by atoms with Crippen LogP contribution in [0.5, 0.6) is 5.75 Å². The number of carbonyl (C=O) groups is 1. The quantitative estimate of drug-likeness (QED) is 0.788. The first-order valence-corrected chi connectivity index (χ1v) is 7.53. The molecule has 0 aliphatic carbocycles. The van der Waals surface area contributed by atoms with E-state index in [4.69, 9.17) is 4.74 Å². The Kier molecular flexibility index (Phi) is 4.28. The van der Waals surface area contributed by atoms with Gasteiger partial charge in [-0.2, -0.15) is 0 Å². The third-order valence-corrected chi connectivity index (χ3v) is 3.63. The molecular formula is C18H19N3O2. The van der Waals surface area contributed by atoms with Gasteiger partial charge in [-0.3, -0.25) is 4.79 Å². The number of likely N-dealkylation sites (N-methyl/N-ethyl adjacent to an activating group) is 1. The van der Waals surface area contributed by atoms with Gasteiger partial charge in [-0.05, 0) is 37.3 Å². The van der Waals surface area contributed by atoms with E-state index in [1.54, 1.807) is 18.0 Å². The first kappa shape index (κ1) is 15.1. The van der Waals surface area contributed by atoms with Crippen LogP contribution in [0.1, 0.15) is 16.2 Å². The standard InChI is InChI=1S/C18H19N3O2/c1-13-19-16-9-8-14(12-17(16)20-13)18(22)21(2)10-11-23-15-6-4-3-5-7-15/h3-9,12H,10-11H2,1-2H3,(H,19,20). The van der Waals surface area contributed by atoms with Crippen molar-refractivity contribution < 1.29 is 9.53 Å². The maximum Gasteiger partial charge on any atom is 0.253 e. The molecule has 1 heterocycles. The summed E-state index contributed by atoms with van der Waals surface area (Å²) in [5.74, 6) is 1.62. The molecule has 5 heteroatoms. The lowest BCUT2D eigenvalue weighted by atomic mass is 10.2. The second-order valence-electron chi connectivity index (χ2n) is 5.44. The van der Waals surface area contributed by atoms with Crippen LogP contribution in [0.4, 0.5) is 0 Å². The van der Waals surface area contributed by atoms with Crippen LogP contribution in [-0.4, -0.2) is 41.0 Å². The molecule has 0 atom stereocenters. The predicted octanol–water partition coefficient (Wildman–Crippen LogP) is 3.02. The highest BCUT2D eigenvalue weighted by Crippen LogP contribution is 2.15. The fourth-order valence-corrected chi connectivity index (χ4v) is 2.41. The van der Waals surface area contributed by atoms with E-state index in [-0.39, 0.29) is 5.91 Å². The summed E-state index contributed by atoms with van der Waals surface area (Å²) in [6.45, 7) is 2.87. The number of aryl methyl sites for hydroxylation is 1. The summed E-state index contributed by atoms with van der Waals surface area (Å²) >= 11 is 0. The number of hydrogen-bond acceptors (Lipinski definition) is 3. The van der Waals surface area contributed by atoms with E-state index < -0.39 is 0 Å². The minimum absolute atomic E-state index is 0.0317. The predicted molar refractivity (Wildman–Crippen MR) is 89.7 cm³/mol. The molecule has 23 heavy (non-hydrogen) atoms. The first-order chi connectivity index (χ1) is 11.1. The summed E-state index contributed by atoms with van der Waals surface area (Å²) < 4.78 is 5.63. The minimum atomic E-state index is -0.0317. The Morgan fingerprint density at radius 3 is 2.78 bits per heavy atom. The van der Waals surface area contributed by atoms with Gasteiger partial charge in [0.1, 0.15) is 18.2 Å². The van der Waals surface area contributed by atoms with Crippen molar-refractivity contribution in [2.45, 2.75) is 6.92 Å². The average molecular weight is 309 g/mol. The van der Waals surface area contributed by atoms with Gasteiger partial charge in [0.25, 0.3) is 5.91 Å². The summed E-state index contributed by atoms with van der Waals surface area (Å²) in [6.07, 6.45) is 0. The van der Waals surface area contributed by atoms with E-state index in [2.05, 4.69) is 9.97 Å². The Hall–Kier alpha value is -2.82. The largest absolute Gasteiger partial charge is 0.492 e. The molecule has 0 aliphatic heterocycles. The summed E-state index contributed by atoms with van der Waals surface area (Å²) in [6, 6.07) is 15.1. The zero-order valence-electron chi connectivity index (χ0n) is 13.2. The van der Waals surface area contributed by atoms with Crippen LogP contribution in [0, 0.1) is 6.92 Å². The van der Waals surface area contributed by atoms with Crippen LogP contribution in [0.25, 0.3) is 11.0 Å². The molecule has 1 N–H and O–H groups in total. The van der Waals surface area contributed by atoms with Crippen molar-refractivity contribution in [1.29, 1.82) is 0 Å². The first-order valence-electron chi connectivity index (χ1n) is 7.53.